The quantitative estimate of drug-likeness (QED) is 0.216. The molecule has 2 fully saturated rings. The Morgan fingerprint density at radius 1 is 0.951 bits per heavy atom. The summed E-state index contributed by atoms with van der Waals surface area (Å²) >= 11 is 0.350. The Morgan fingerprint density at radius 3 is 2.37 bits per heavy atom. The maximum absolute atomic E-state index is 7.27. The van der Waals surface area contributed by atoms with Crippen molar-refractivity contribution in [1.29, 1.82) is 0 Å². The van der Waals surface area contributed by atoms with E-state index in [-0.39, 0.29) is 28.3 Å². The normalized spacial score (nSPS) is 30.9. The van der Waals surface area contributed by atoms with E-state index in [2.05, 4.69) is 103 Å². The van der Waals surface area contributed by atoms with Gasteiger partial charge in [0.25, 0.3) is 0 Å². The molecule has 4 nitrogen and oxygen atoms in total. The molecule has 3 aliphatic rings. The van der Waals surface area contributed by atoms with Crippen molar-refractivity contribution in [3.8, 4) is 11.5 Å². The van der Waals surface area contributed by atoms with Gasteiger partial charge in [-0.15, -0.1) is 0 Å². The number of benzene rings is 2. The molecule has 5 atom stereocenters. The van der Waals surface area contributed by atoms with Crippen molar-refractivity contribution in [2.24, 2.45) is 22.7 Å². The molecule has 0 saturated heterocycles. The molecular formula is C35H52O4SeSi. The van der Waals surface area contributed by atoms with Gasteiger partial charge in [0.1, 0.15) is 0 Å². The number of methoxy groups -OCH3 is 1. The molecule has 2 aromatic rings. The Hall–Kier alpha value is -1.30. The van der Waals surface area contributed by atoms with Crippen LogP contribution < -0.4 is 13.9 Å². The van der Waals surface area contributed by atoms with Crippen LogP contribution in [0.5, 0.6) is 11.5 Å². The Kier molecular flexibility index (Phi) is 8.60. The SMILES string of the molecule is COCOc1cccc2c1C[C@H]1[C@](C[Se]c3ccccc3)(CC[C@H]3C(C)(C)[C@@H](O[Si](C)(C)C(C)(C)C)CC[C@@]31C)O2. The second-order valence-electron chi connectivity index (χ2n) is 15.1. The van der Waals surface area contributed by atoms with Crippen molar-refractivity contribution >= 4 is 27.7 Å². The van der Waals surface area contributed by atoms with Crippen LogP contribution in [0.2, 0.25) is 23.5 Å². The Balaban J connectivity index is 1.51. The minimum absolute atomic E-state index is 0.103. The Morgan fingerprint density at radius 2 is 1.68 bits per heavy atom. The zero-order chi connectivity index (χ0) is 29.7. The molecule has 0 bridgehead atoms. The van der Waals surface area contributed by atoms with E-state index in [0.717, 1.165) is 36.1 Å². The number of hydrogen-bond donors (Lipinski definition) is 0. The van der Waals surface area contributed by atoms with E-state index in [1.165, 1.54) is 22.9 Å². The molecule has 1 aliphatic heterocycles. The second-order valence-corrected chi connectivity index (χ2v) is 22.1. The fourth-order valence-corrected chi connectivity index (χ4v) is 12.0. The van der Waals surface area contributed by atoms with Crippen LogP contribution in [0.3, 0.4) is 0 Å². The average Bonchev–Trinajstić information content (AvgIpc) is 2.91. The van der Waals surface area contributed by atoms with Gasteiger partial charge in [0.2, 0.25) is 0 Å². The molecule has 5 rings (SSSR count). The van der Waals surface area contributed by atoms with Gasteiger partial charge in [0.05, 0.1) is 0 Å². The van der Waals surface area contributed by atoms with Gasteiger partial charge in [-0.25, -0.2) is 0 Å². The summed E-state index contributed by atoms with van der Waals surface area (Å²) in [6.45, 7) is 19.8. The molecule has 41 heavy (non-hydrogen) atoms. The van der Waals surface area contributed by atoms with Gasteiger partial charge in [-0.05, 0) is 0 Å². The molecule has 0 unspecified atom stereocenters. The van der Waals surface area contributed by atoms with E-state index in [1.54, 1.807) is 7.11 Å². The van der Waals surface area contributed by atoms with Gasteiger partial charge in [-0.2, -0.15) is 0 Å². The number of hydrogen-bond acceptors (Lipinski definition) is 4. The van der Waals surface area contributed by atoms with Crippen LogP contribution in [-0.2, 0) is 15.6 Å². The molecule has 0 aromatic heterocycles. The van der Waals surface area contributed by atoms with E-state index in [4.69, 9.17) is 18.6 Å². The third-order valence-electron chi connectivity index (χ3n) is 11.4. The molecule has 0 radical (unpaired) electrons. The van der Waals surface area contributed by atoms with Crippen molar-refractivity contribution in [3.63, 3.8) is 0 Å². The van der Waals surface area contributed by atoms with Gasteiger partial charge in [0.15, 0.2) is 0 Å². The van der Waals surface area contributed by atoms with Crippen LogP contribution in [-0.4, -0.2) is 48.9 Å². The summed E-state index contributed by atoms with van der Waals surface area (Å²) in [5.74, 6) is 2.92. The minimum atomic E-state index is -1.88. The Labute approximate surface area is 256 Å². The predicted molar refractivity (Wildman–Crippen MR) is 172 cm³/mol. The molecule has 2 aliphatic carbocycles. The van der Waals surface area contributed by atoms with E-state index < -0.39 is 8.32 Å². The predicted octanol–water partition coefficient (Wildman–Crippen LogP) is 8.03. The fraction of sp³-hybridized carbons (Fsp3) is 0.657. The van der Waals surface area contributed by atoms with Crippen LogP contribution in [0.1, 0.15) is 72.8 Å². The molecule has 0 spiro atoms. The summed E-state index contributed by atoms with van der Waals surface area (Å²) in [5, 5.41) is 1.31. The van der Waals surface area contributed by atoms with Gasteiger partial charge in [-0.1, -0.05) is 0 Å². The second kappa shape index (κ2) is 11.3. The van der Waals surface area contributed by atoms with Gasteiger partial charge in [0, 0.05) is 0 Å². The first-order valence-electron chi connectivity index (χ1n) is 15.5. The zero-order valence-electron chi connectivity index (χ0n) is 26.8. The number of fused-ring (bicyclic) bond motifs is 4. The van der Waals surface area contributed by atoms with Crippen molar-refractivity contribution in [3.05, 3.63) is 54.1 Å². The van der Waals surface area contributed by atoms with Crippen LogP contribution in [0.15, 0.2) is 48.5 Å². The van der Waals surface area contributed by atoms with E-state index >= 15 is 0 Å². The Bertz CT molecular complexity index is 1210. The van der Waals surface area contributed by atoms with Gasteiger partial charge >= 0.3 is 257 Å². The van der Waals surface area contributed by atoms with Crippen LogP contribution in [0, 0.1) is 22.7 Å². The van der Waals surface area contributed by atoms with Crippen molar-refractivity contribution in [1.82, 2.24) is 0 Å². The molecule has 1 heterocycles. The fourth-order valence-electron chi connectivity index (χ4n) is 8.08. The molecule has 2 aromatic carbocycles. The van der Waals surface area contributed by atoms with E-state index in [1.807, 2.05) is 0 Å². The van der Waals surface area contributed by atoms with Crippen molar-refractivity contribution < 1.29 is 18.6 Å². The zero-order valence-corrected chi connectivity index (χ0v) is 29.6. The molecule has 2 saturated carbocycles. The summed E-state index contributed by atoms with van der Waals surface area (Å²) in [7, 11) is -0.198. The van der Waals surface area contributed by atoms with Crippen molar-refractivity contribution in [2.45, 2.75) is 109 Å². The standard InChI is InChI=1S/C35H52O4SeSi/c1-32(2,3)41(8,9)39-31-19-20-34(6)29(33(31,4)5)18-21-35(23-40-25-14-11-10-12-15-25)30(34)22-26-27(37-24-36-7)16-13-17-28(26)38-35/h10-17,29-31H,18-24H2,1-9H3/t29-,30+,31-,34-,35+/m0/s1. The van der Waals surface area contributed by atoms with E-state index in [0.29, 0.717) is 32.9 Å². The first-order valence-corrected chi connectivity index (χ1v) is 20.5. The molecule has 6 heteroatoms. The van der Waals surface area contributed by atoms with Crippen molar-refractivity contribution in [2.75, 3.05) is 13.9 Å². The number of ether oxygens (including phenoxy) is 3. The first-order chi connectivity index (χ1) is 19.2. The monoisotopic (exact) mass is 644 g/mol. The summed E-state index contributed by atoms with van der Waals surface area (Å²) in [6.07, 6.45) is 5.90. The summed E-state index contributed by atoms with van der Waals surface area (Å²) < 4.78 is 27.3. The summed E-state index contributed by atoms with van der Waals surface area (Å²) in [6, 6.07) is 17.4. The van der Waals surface area contributed by atoms with E-state index in [9.17, 15) is 0 Å². The van der Waals surface area contributed by atoms with Crippen LogP contribution in [0.25, 0.3) is 0 Å². The van der Waals surface area contributed by atoms with Gasteiger partial charge in [-0.3, -0.25) is 0 Å². The third-order valence-corrected chi connectivity index (χ3v) is 18.5. The summed E-state index contributed by atoms with van der Waals surface area (Å²) in [4.78, 5) is 0. The molecular weight excluding hydrogens is 591 g/mol. The third kappa shape index (κ3) is 5.69. The molecule has 0 amide bonds. The topological polar surface area (TPSA) is 36.9 Å². The van der Waals surface area contributed by atoms with Crippen LogP contribution >= 0.6 is 0 Å². The van der Waals surface area contributed by atoms with Crippen LogP contribution in [0.4, 0.5) is 0 Å². The molecule has 0 N–H and O–H groups in total. The molecule has 226 valence electrons. The summed E-state index contributed by atoms with van der Waals surface area (Å²) in [5.41, 5.74) is 1.33. The first kappa shape index (κ1) is 31.1. The van der Waals surface area contributed by atoms with Gasteiger partial charge < -0.3 is 0 Å². The average molecular weight is 644 g/mol. The number of rotatable bonds is 8. The maximum atomic E-state index is 7.27.